The number of carboxylic acids is 1. The van der Waals surface area contributed by atoms with E-state index in [0.717, 1.165) is 25.7 Å². The Morgan fingerprint density at radius 2 is 1.78 bits per heavy atom. The van der Waals surface area contributed by atoms with Crippen LogP contribution in [0.4, 0.5) is 13.2 Å². The number of aliphatic carboxylic acids is 1. The minimum absolute atomic E-state index is 0.0427. The van der Waals surface area contributed by atoms with E-state index < -0.39 is 23.6 Å². The highest BCUT2D eigenvalue weighted by atomic mass is 19.4. The van der Waals surface area contributed by atoms with Gasteiger partial charge in [0.2, 0.25) is 11.4 Å². The van der Waals surface area contributed by atoms with Gasteiger partial charge in [0.05, 0.1) is 0 Å². The number of rotatable bonds is 4. The fourth-order valence-corrected chi connectivity index (χ4v) is 2.05. The van der Waals surface area contributed by atoms with Crippen LogP contribution >= 0.6 is 0 Å². The quantitative estimate of drug-likeness (QED) is 0.819. The highest BCUT2D eigenvalue weighted by Crippen LogP contribution is 2.32. The highest BCUT2D eigenvalue weighted by Gasteiger charge is 2.58. The van der Waals surface area contributed by atoms with Crippen molar-refractivity contribution in [2.75, 3.05) is 0 Å². The maximum absolute atomic E-state index is 12.6. The number of nitrogens with one attached hydrogen (secondary N) is 1. The molecule has 4 nitrogen and oxygen atoms in total. The predicted octanol–water partition coefficient (Wildman–Crippen LogP) is 2.09. The van der Waals surface area contributed by atoms with Gasteiger partial charge in [0, 0.05) is 6.42 Å². The lowest BCUT2D eigenvalue weighted by Crippen LogP contribution is -2.62. The number of hydrogen-bond donors (Lipinski definition) is 2. The molecule has 1 saturated carbocycles. The lowest BCUT2D eigenvalue weighted by Gasteiger charge is -2.29. The van der Waals surface area contributed by atoms with Crippen LogP contribution < -0.4 is 5.32 Å². The Morgan fingerprint density at radius 1 is 1.28 bits per heavy atom. The molecule has 0 aromatic heterocycles. The third-order valence-electron chi connectivity index (χ3n) is 3.33. The van der Waals surface area contributed by atoms with Gasteiger partial charge in [-0.2, -0.15) is 13.2 Å². The van der Waals surface area contributed by atoms with Gasteiger partial charge in [0.25, 0.3) is 0 Å². The minimum atomic E-state index is -5.02. The van der Waals surface area contributed by atoms with E-state index in [9.17, 15) is 22.8 Å². The van der Waals surface area contributed by atoms with Crippen LogP contribution in [-0.4, -0.2) is 28.7 Å². The molecule has 1 aliphatic rings. The Hall–Kier alpha value is -1.27. The van der Waals surface area contributed by atoms with Crippen molar-refractivity contribution in [1.29, 1.82) is 0 Å². The highest BCUT2D eigenvalue weighted by molar-refractivity contribution is 5.87. The van der Waals surface area contributed by atoms with Crippen LogP contribution in [0, 0.1) is 5.92 Å². The van der Waals surface area contributed by atoms with Crippen LogP contribution in [0.1, 0.15) is 39.0 Å². The second-order valence-corrected chi connectivity index (χ2v) is 4.83. The van der Waals surface area contributed by atoms with Gasteiger partial charge in [0.1, 0.15) is 0 Å². The van der Waals surface area contributed by atoms with Gasteiger partial charge in [-0.1, -0.05) is 12.8 Å². The topological polar surface area (TPSA) is 66.4 Å². The largest absolute Gasteiger partial charge is 0.479 e. The third kappa shape index (κ3) is 3.14. The van der Waals surface area contributed by atoms with E-state index in [2.05, 4.69) is 0 Å². The van der Waals surface area contributed by atoms with Gasteiger partial charge in [-0.15, -0.1) is 0 Å². The van der Waals surface area contributed by atoms with Crippen molar-refractivity contribution in [2.45, 2.75) is 50.7 Å². The first-order valence-electron chi connectivity index (χ1n) is 5.78. The summed E-state index contributed by atoms with van der Waals surface area (Å²) in [6.07, 6.45) is -1.52. The molecule has 1 fully saturated rings. The number of amides is 1. The summed E-state index contributed by atoms with van der Waals surface area (Å²) in [6.45, 7) is 0.460. The Bertz CT molecular complexity index is 337. The molecule has 0 radical (unpaired) electrons. The molecule has 0 aromatic rings. The zero-order valence-electron chi connectivity index (χ0n) is 10.0. The standard InChI is InChI=1S/C11H16F3NO3/c1-10(9(17)18,11(12,13)14)15-8(16)6-7-4-2-3-5-7/h7H,2-6H2,1H3,(H,15,16)(H,17,18). The van der Waals surface area contributed by atoms with Gasteiger partial charge in [0.15, 0.2) is 0 Å². The molecule has 0 aliphatic heterocycles. The van der Waals surface area contributed by atoms with Crippen LogP contribution in [0.5, 0.6) is 0 Å². The molecule has 1 amide bonds. The number of carbonyl (C=O) groups excluding carboxylic acids is 1. The molecule has 0 aromatic carbocycles. The van der Waals surface area contributed by atoms with Gasteiger partial charge >= 0.3 is 12.1 Å². The maximum atomic E-state index is 12.6. The Morgan fingerprint density at radius 3 is 2.17 bits per heavy atom. The maximum Gasteiger partial charge on any atom is 0.422 e. The van der Waals surface area contributed by atoms with Crippen LogP contribution in [0.3, 0.4) is 0 Å². The fraction of sp³-hybridized carbons (Fsp3) is 0.818. The average Bonchev–Trinajstić information content (AvgIpc) is 2.67. The summed E-state index contributed by atoms with van der Waals surface area (Å²) in [5.41, 5.74) is -3.22. The molecule has 2 N–H and O–H groups in total. The molecule has 0 heterocycles. The summed E-state index contributed by atoms with van der Waals surface area (Å²) in [5.74, 6) is -2.89. The second kappa shape index (κ2) is 5.16. The molecule has 0 saturated heterocycles. The first-order valence-corrected chi connectivity index (χ1v) is 5.78. The van der Waals surface area contributed by atoms with E-state index >= 15 is 0 Å². The number of carboxylic acid groups (broad SMARTS) is 1. The number of carbonyl (C=O) groups is 2. The Labute approximate surface area is 103 Å². The summed E-state index contributed by atoms with van der Waals surface area (Å²) in [5, 5.41) is 10.2. The fourth-order valence-electron chi connectivity index (χ4n) is 2.05. The van der Waals surface area contributed by atoms with Crippen molar-refractivity contribution in [3.8, 4) is 0 Å². The van der Waals surface area contributed by atoms with Crippen LogP contribution in [0.25, 0.3) is 0 Å². The molecule has 0 bridgehead atoms. The predicted molar refractivity (Wildman–Crippen MR) is 56.8 cm³/mol. The second-order valence-electron chi connectivity index (χ2n) is 4.83. The molecule has 0 spiro atoms. The summed E-state index contributed by atoms with van der Waals surface area (Å²) >= 11 is 0. The van der Waals surface area contributed by atoms with Crippen molar-refractivity contribution < 1.29 is 27.9 Å². The van der Waals surface area contributed by atoms with E-state index in [1.165, 1.54) is 0 Å². The molecular formula is C11H16F3NO3. The van der Waals surface area contributed by atoms with Gasteiger partial charge < -0.3 is 10.4 Å². The summed E-state index contributed by atoms with van der Waals surface area (Å²) < 4.78 is 37.9. The van der Waals surface area contributed by atoms with Crippen molar-refractivity contribution in [1.82, 2.24) is 5.32 Å². The first-order chi connectivity index (χ1) is 8.17. The molecule has 1 rings (SSSR count). The Kier molecular flexibility index (Phi) is 4.24. The summed E-state index contributed by atoms with van der Waals surface area (Å²) in [4.78, 5) is 22.2. The van der Waals surface area contributed by atoms with Gasteiger partial charge in [-0.3, -0.25) is 4.79 Å². The van der Waals surface area contributed by atoms with Crippen molar-refractivity contribution >= 4 is 11.9 Å². The Balaban J connectivity index is 2.66. The van der Waals surface area contributed by atoms with Crippen LogP contribution in [0.15, 0.2) is 0 Å². The van der Waals surface area contributed by atoms with Crippen LogP contribution in [-0.2, 0) is 9.59 Å². The molecule has 1 unspecified atom stereocenters. The average molecular weight is 267 g/mol. The normalized spacial score (nSPS) is 20.4. The molecule has 104 valence electrons. The summed E-state index contributed by atoms with van der Waals surface area (Å²) in [7, 11) is 0. The van der Waals surface area contributed by atoms with E-state index in [1.54, 1.807) is 5.32 Å². The number of halogens is 3. The first kappa shape index (κ1) is 14.8. The third-order valence-corrected chi connectivity index (χ3v) is 3.33. The van der Waals surface area contributed by atoms with Crippen molar-refractivity contribution in [3.05, 3.63) is 0 Å². The molecular weight excluding hydrogens is 251 g/mol. The zero-order chi connectivity index (χ0) is 14.0. The van der Waals surface area contributed by atoms with Gasteiger partial charge in [-0.05, 0) is 25.7 Å². The van der Waals surface area contributed by atoms with E-state index in [4.69, 9.17) is 5.11 Å². The number of alkyl halides is 3. The van der Waals surface area contributed by atoms with E-state index in [0.29, 0.717) is 6.92 Å². The molecule has 1 atom stereocenters. The SMILES string of the molecule is CC(NC(=O)CC1CCCC1)(C(=O)O)C(F)(F)F. The number of hydrogen-bond acceptors (Lipinski definition) is 2. The molecule has 18 heavy (non-hydrogen) atoms. The minimum Gasteiger partial charge on any atom is -0.479 e. The van der Waals surface area contributed by atoms with Crippen molar-refractivity contribution in [3.63, 3.8) is 0 Å². The lowest BCUT2D eigenvalue weighted by molar-refractivity contribution is -0.207. The van der Waals surface area contributed by atoms with Crippen LogP contribution in [0.2, 0.25) is 0 Å². The molecule has 1 aliphatic carbocycles. The van der Waals surface area contributed by atoms with E-state index in [-0.39, 0.29) is 12.3 Å². The summed E-state index contributed by atoms with van der Waals surface area (Å²) in [6, 6.07) is 0. The smallest absolute Gasteiger partial charge is 0.422 e. The monoisotopic (exact) mass is 267 g/mol. The lowest BCUT2D eigenvalue weighted by atomic mass is 9.99. The molecule has 7 heteroatoms. The van der Waals surface area contributed by atoms with Crippen molar-refractivity contribution in [2.24, 2.45) is 5.92 Å². The zero-order valence-corrected chi connectivity index (χ0v) is 10.0. The van der Waals surface area contributed by atoms with E-state index in [1.807, 2.05) is 0 Å². The van der Waals surface area contributed by atoms with Gasteiger partial charge in [-0.25, -0.2) is 4.79 Å².